The maximum absolute atomic E-state index is 12.9. The molecule has 122 valence electrons. The Morgan fingerprint density at radius 2 is 2.09 bits per heavy atom. The molecule has 0 radical (unpaired) electrons. The van der Waals surface area contributed by atoms with Crippen molar-refractivity contribution < 1.29 is 13.3 Å². The predicted molar refractivity (Wildman–Crippen MR) is 89.9 cm³/mol. The van der Waals surface area contributed by atoms with Gasteiger partial charge in [0.25, 0.3) is 5.69 Å². The van der Waals surface area contributed by atoms with Gasteiger partial charge in [-0.15, -0.1) is 17.9 Å². The van der Waals surface area contributed by atoms with Crippen LogP contribution >= 0.6 is 11.3 Å². The van der Waals surface area contributed by atoms with Crippen LogP contribution in [-0.2, 0) is 16.6 Å². The van der Waals surface area contributed by atoms with Gasteiger partial charge in [-0.3, -0.25) is 10.1 Å². The molecule has 0 aliphatic heterocycles. The molecule has 0 aliphatic carbocycles. The van der Waals surface area contributed by atoms with Crippen molar-refractivity contribution in [1.82, 2.24) is 4.31 Å². The molecular formula is C15H16N2O4S2. The van der Waals surface area contributed by atoms with Crippen molar-refractivity contribution in [2.24, 2.45) is 0 Å². The summed E-state index contributed by atoms with van der Waals surface area (Å²) in [4.78, 5) is 11.3. The molecule has 1 aromatic heterocycles. The molecule has 0 aliphatic rings. The predicted octanol–water partition coefficient (Wildman–Crippen LogP) is 3.34. The lowest BCUT2D eigenvalue weighted by Crippen LogP contribution is -2.31. The van der Waals surface area contributed by atoms with E-state index in [0.29, 0.717) is 0 Å². The Balaban J connectivity index is 2.47. The maximum Gasteiger partial charge on any atom is 0.273 e. The molecule has 0 atom stereocenters. The van der Waals surface area contributed by atoms with E-state index in [1.807, 2.05) is 17.5 Å². The van der Waals surface area contributed by atoms with Crippen LogP contribution in [0.4, 0.5) is 5.69 Å². The summed E-state index contributed by atoms with van der Waals surface area (Å²) < 4.78 is 27.1. The van der Waals surface area contributed by atoms with E-state index in [2.05, 4.69) is 6.58 Å². The summed E-state index contributed by atoms with van der Waals surface area (Å²) in [6, 6.07) is 7.76. The number of benzene rings is 1. The summed E-state index contributed by atoms with van der Waals surface area (Å²) in [5.74, 6) is 0. The Morgan fingerprint density at radius 1 is 1.35 bits per heavy atom. The van der Waals surface area contributed by atoms with Crippen molar-refractivity contribution in [3.8, 4) is 0 Å². The first-order valence-electron chi connectivity index (χ1n) is 6.75. The van der Waals surface area contributed by atoms with E-state index in [1.54, 1.807) is 0 Å². The van der Waals surface area contributed by atoms with E-state index >= 15 is 0 Å². The van der Waals surface area contributed by atoms with Gasteiger partial charge in [-0.1, -0.05) is 18.2 Å². The molecular weight excluding hydrogens is 336 g/mol. The average molecular weight is 352 g/mol. The van der Waals surface area contributed by atoms with Gasteiger partial charge in [0.15, 0.2) is 0 Å². The minimum absolute atomic E-state index is 0.0508. The van der Waals surface area contributed by atoms with Gasteiger partial charge in [-0.25, -0.2) is 8.42 Å². The number of rotatable bonds is 7. The van der Waals surface area contributed by atoms with E-state index in [0.717, 1.165) is 4.88 Å². The molecule has 0 amide bonds. The van der Waals surface area contributed by atoms with E-state index in [4.69, 9.17) is 0 Å². The van der Waals surface area contributed by atoms with Gasteiger partial charge >= 0.3 is 0 Å². The summed E-state index contributed by atoms with van der Waals surface area (Å²) in [5, 5.41) is 12.9. The molecule has 1 aromatic carbocycles. The Morgan fingerprint density at radius 3 is 2.65 bits per heavy atom. The molecule has 6 nitrogen and oxygen atoms in total. The zero-order valence-electron chi connectivity index (χ0n) is 12.5. The average Bonchev–Trinajstić information content (AvgIpc) is 2.99. The molecule has 0 unspecified atom stereocenters. The van der Waals surface area contributed by atoms with Crippen LogP contribution < -0.4 is 0 Å². The molecule has 2 aromatic rings. The zero-order valence-corrected chi connectivity index (χ0v) is 14.1. The van der Waals surface area contributed by atoms with Crippen LogP contribution in [0.5, 0.6) is 0 Å². The minimum atomic E-state index is -3.86. The summed E-state index contributed by atoms with van der Waals surface area (Å²) in [6.07, 6.45) is 1.50. The molecule has 0 bridgehead atoms. The lowest BCUT2D eigenvalue weighted by Gasteiger charge is -2.21. The fourth-order valence-electron chi connectivity index (χ4n) is 2.19. The van der Waals surface area contributed by atoms with Crippen molar-refractivity contribution >= 4 is 27.0 Å². The summed E-state index contributed by atoms with van der Waals surface area (Å²) >= 11 is 1.45. The smallest absolute Gasteiger partial charge is 0.258 e. The third kappa shape index (κ3) is 3.66. The maximum atomic E-state index is 12.9. The van der Waals surface area contributed by atoms with Gasteiger partial charge in [0, 0.05) is 29.6 Å². The summed E-state index contributed by atoms with van der Waals surface area (Å²) in [6.45, 7) is 5.37. The van der Waals surface area contributed by atoms with Crippen LogP contribution in [0.3, 0.4) is 0 Å². The second kappa shape index (κ2) is 7.03. The first-order chi connectivity index (χ1) is 10.9. The topological polar surface area (TPSA) is 80.5 Å². The van der Waals surface area contributed by atoms with Crippen molar-refractivity contribution in [1.29, 1.82) is 0 Å². The molecule has 0 saturated heterocycles. The second-order valence-corrected chi connectivity index (χ2v) is 7.76. The number of hydrogen-bond acceptors (Lipinski definition) is 5. The minimum Gasteiger partial charge on any atom is -0.258 e. The van der Waals surface area contributed by atoms with Crippen molar-refractivity contribution in [2.45, 2.75) is 18.4 Å². The number of thiophene rings is 1. The fraction of sp³-hybridized carbons (Fsp3) is 0.200. The summed E-state index contributed by atoms with van der Waals surface area (Å²) in [7, 11) is -3.86. The third-order valence-corrected chi connectivity index (χ3v) is 6.13. The van der Waals surface area contributed by atoms with Gasteiger partial charge in [0.1, 0.15) is 0 Å². The van der Waals surface area contributed by atoms with E-state index in [1.165, 1.54) is 46.8 Å². The third-order valence-electron chi connectivity index (χ3n) is 3.32. The van der Waals surface area contributed by atoms with Crippen molar-refractivity contribution in [2.75, 3.05) is 6.54 Å². The normalized spacial score (nSPS) is 11.6. The molecule has 1 heterocycles. The fourth-order valence-corrected chi connectivity index (χ4v) is 4.62. The Labute approximate surface area is 138 Å². The number of nitrogens with zero attached hydrogens (tertiary/aromatic N) is 2. The van der Waals surface area contributed by atoms with Gasteiger partial charge in [0.05, 0.1) is 9.82 Å². The zero-order chi connectivity index (χ0) is 17.0. The van der Waals surface area contributed by atoms with Crippen LogP contribution in [0.25, 0.3) is 0 Å². The molecule has 0 spiro atoms. The molecule has 23 heavy (non-hydrogen) atoms. The Kier molecular flexibility index (Phi) is 5.30. The van der Waals surface area contributed by atoms with Gasteiger partial charge in [-0.2, -0.15) is 4.31 Å². The standard InChI is InChI=1S/C15H16N2O4S2/c1-3-9-16(11-13-6-5-10-22-13)23(20,21)15-8-4-7-14(12(15)2)17(18)19/h3-8,10H,1,9,11H2,2H3. The molecule has 8 heteroatoms. The first kappa shape index (κ1) is 17.3. The largest absolute Gasteiger partial charge is 0.273 e. The number of nitro benzene ring substituents is 1. The second-order valence-electron chi connectivity index (χ2n) is 4.82. The monoisotopic (exact) mass is 352 g/mol. The number of sulfonamides is 1. The SMILES string of the molecule is C=CCN(Cc1cccs1)S(=O)(=O)c1cccc([N+](=O)[O-])c1C. The highest BCUT2D eigenvalue weighted by Crippen LogP contribution is 2.28. The summed E-state index contributed by atoms with van der Waals surface area (Å²) in [5.41, 5.74) is -0.0708. The van der Waals surface area contributed by atoms with Gasteiger partial charge < -0.3 is 0 Å². The van der Waals surface area contributed by atoms with Gasteiger partial charge in [0.2, 0.25) is 10.0 Å². The Bertz CT molecular complexity index is 814. The Hall–Kier alpha value is -2.03. The van der Waals surface area contributed by atoms with Gasteiger partial charge in [-0.05, 0) is 24.4 Å². The van der Waals surface area contributed by atoms with E-state index in [9.17, 15) is 18.5 Å². The lowest BCUT2D eigenvalue weighted by atomic mass is 10.2. The van der Waals surface area contributed by atoms with Crippen LogP contribution in [0, 0.1) is 17.0 Å². The quantitative estimate of drug-likeness (QED) is 0.435. The van der Waals surface area contributed by atoms with E-state index in [-0.39, 0.29) is 29.2 Å². The molecule has 0 saturated carbocycles. The lowest BCUT2D eigenvalue weighted by molar-refractivity contribution is -0.385. The van der Waals surface area contributed by atoms with Crippen LogP contribution in [0.15, 0.2) is 53.3 Å². The molecule has 2 rings (SSSR count). The van der Waals surface area contributed by atoms with Crippen LogP contribution in [-0.4, -0.2) is 24.2 Å². The molecule has 0 fully saturated rings. The van der Waals surface area contributed by atoms with Crippen molar-refractivity contribution in [3.05, 3.63) is 68.9 Å². The first-order valence-corrected chi connectivity index (χ1v) is 9.07. The van der Waals surface area contributed by atoms with Crippen LogP contribution in [0.1, 0.15) is 10.4 Å². The number of nitro groups is 1. The van der Waals surface area contributed by atoms with E-state index < -0.39 is 14.9 Å². The van der Waals surface area contributed by atoms with Crippen LogP contribution in [0.2, 0.25) is 0 Å². The highest BCUT2D eigenvalue weighted by atomic mass is 32.2. The number of hydrogen-bond donors (Lipinski definition) is 0. The highest BCUT2D eigenvalue weighted by Gasteiger charge is 2.28. The van der Waals surface area contributed by atoms with Crippen molar-refractivity contribution in [3.63, 3.8) is 0 Å². The highest BCUT2D eigenvalue weighted by molar-refractivity contribution is 7.89. The molecule has 0 N–H and O–H groups in total.